The van der Waals surface area contributed by atoms with Crippen LogP contribution in [-0.2, 0) is 11.2 Å². The van der Waals surface area contributed by atoms with E-state index in [2.05, 4.69) is 10.5 Å². The van der Waals surface area contributed by atoms with E-state index in [1.54, 1.807) is 6.07 Å². The van der Waals surface area contributed by atoms with Gasteiger partial charge < -0.3 is 24.8 Å². The summed E-state index contributed by atoms with van der Waals surface area (Å²) in [7, 11) is 0. The van der Waals surface area contributed by atoms with Crippen LogP contribution in [-0.4, -0.2) is 52.7 Å². The Bertz CT molecular complexity index is 434. The zero-order valence-corrected chi connectivity index (χ0v) is 10.7. The fourth-order valence-electron chi connectivity index (χ4n) is 2.02. The minimum absolute atomic E-state index is 0.121. The van der Waals surface area contributed by atoms with Gasteiger partial charge in [-0.1, -0.05) is 12.1 Å². The molecule has 2 heterocycles. The second kappa shape index (κ2) is 6.14. The molecule has 3 atom stereocenters. The van der Waals surface area contributed by atoms with Crippen LogP contribution in [0.2, 0.25) is 0 Å². The van der Waals surface area contributed by atoms with Crippen molar-refractivity contribution in [2.75, 3.05) is 13.2 Å². The van der Waals surface area contributed by atoms with Gasteiger partial charge in [0.1, 0.15) is 12.2 Å². The number of amides is 1. The van der Waals surface area contributed by atoms with E-state index in [1.807, 2.05) is 6.92 Å². The van der Waals surface area contributed by atoms with Crippen molar-refractivity contribution in [3.63, 3.8) is 0 Å². The number of carbonyl (C=O) groups is 1. The Morgan fingerprint density at radius 2 is 2.42 bits per heavy atom. The van der Waals surface area contributed by atoms with Gasteiger partial charge in [0.15, 0.2) is 0 Å². The first-order chi connectivity index (χ1) is 9.15. The Morgan fingerprint density at radius 1 is 1.63 bits per heavy atom. The van der Waals surface area contributed by atoms with Crippen LogP contribution in [0.3, 0.4) is 0 Å². The predicted molar refractivity (Wildman–Crippen MR) is 64.6 cm³/mol. The lowest BCUT2D eigenvalue weighted by Crippen LogP contribution is -2.54. The predicted octanol–water partition coefficient (Wildman–Crippen LogP) is -0.523. The van der Waals surface area contributed by atoms with E-state index >= 15 is 0 Å². The molecule has 3 N–H and O–H groups in total. The molecule has 0 radical (unpaired) electrons. The van der Waals surface area contributed by atoms with Gasteiger partial charge in [0.25, 0.3) is 5.91 Å². The van der Waals surface area contributed by atoms with Gasteiger partial charge in [-0.05, 0) is 12.8 Å². The highest BCUT2D eigenvalue weighted by Gasteiger charge is 2.33. The number of nitrogens with zero attached hydrogens (tertiary/aromatic N) is 1. The quantitative estimate of drug-likeness (QED) is 0.680. The van der Waals surface area contributed by atoms with Crippen molar-refractivity contribution in [1.29, 1.82) is 0 Å². The Morgan fingerprint density at radius 3 is 3.05 bits per heavy atom. The molecule has 0 bridgehead atoms. The first-order valence-electron chi connectivity index (χ1n) is 6.32. The third kappa shape index (κ3) is 3.12. The summed E-state index contributed by atoms with van der Waals surface area (Å²) in [6.07, 6.45) is -0.433. The van der Waals surface area contributed by atoms with E-state index in [-0.39, 0.29) is 12.4 Å². The number of ether oxygens (including phenoxy) is 1. The molecule has 1 aliphatic rings. The zero-order chi connectivity index (χ0) is 13.8. The number of hydrogen-bond acceptors (Lipinski definition) is 6. The largest absolute Gasteiger partial charge is 0.394 e. The summed E-state index contributed by atoms with van der Waals surface area (Å²) in [5, 5.41) is 25.4. The highest BCUT2D eigenvalue weighted by Crippen LogP contribution is 2.15. The number of aromatic nitrogens is 1. The Kier molecular flexibility index (Phi) is 4.52. The lowest BCUT2D eigenvalue weighted by molar-refractivity contribution is -0.107. The molecular weight excluding hydrogens is 252 g/mol. The van der Waals surface area contributed by atoms with Gasteiger partial charge in [-0.25, -0.2) is 0 Å². The molecule has 0 aliphatic carbocycles. The van der Waals surface area contributed by atoms with Gasteiger partial charge in [-0.2, -0.15) is 0 Å². The number of carbonyl (C=O) groups excluding carboxylic acids is 1. The van der Waals surface area contributed by atoms with Crippen molar-refractivity contribution in [2.24, 2.45) is 0 Å². The van der Waals surface area contributed by atoms with E-state index in [0.717, 1.165) is 0 Å². The lowest BCUT2D eigenvalue weighted by atomic mass is 10.00. The fraction of sp³-hybridized carbons (Fsp3) is 0.667. The molecule has 7 nitrogen and oxygen atoms in total. The Hall–Kier alpha value is -1.44. The second-order valence-corrected chi connectivity index (χ2v) is 4.49. The summed E-state index contributed by atoms with van der Waals surface area (Å²) in [5.41, 5.74) is 0.700. The van der Waals surface area contributed by atoms with Crippen LogP contribution < -0.4 is 5.32 Å². The number of aliphatic hydroxyl groups is 2. The van der Waals surface area contributed by atoms with Gasteiger partial charge in [0.05, 0.1) is 18.3 Å². The summed E-state index contributed by atoms with van der Waals surface area (Å²) < 4.78 is 10.1. The minimum Gasteiger partial charge on any atom is -0.394 e. The zero-order valence-electron chi connectivity index (χ0n) is 10.7. The number of aryl methyl sites for hydroxylation is 1. The van der Waals surface area contributed by atoms with E-state index < -0.39 is 24.2 Å². The smallest absolute Gasteiger partial charge is 0.290 e. The van der Waals surface area contributed by atoms with Gasteiger partial charge in [-0.3, -0.25) is 4.79 Å². The van der Waals surface area contributed by atoms with Crippen LogP contribution in [0, 0.1) is 0 Å². The topological polar surface area (TPSA) is 105 Å². The summed E-state index contributed by atoms with van der Waals surface area (Å²) in [6.45, 7) is 2.01. The first kappa shape index (κ1) is 14.0. The SMILES string of the molecule is CCc1cc(C(=O)N[C@H]2CCO[C@H](CO)[C@H]2O)on1. The molecule has 7 heteroatoms. The van der Waals surface area contributed by atoms with Crippen molar-refractivity contribution in [2.45, 2.75) is 38.0 Å². The van der Waals surface area contributed by atoms with E-state index in [0.29, 0.717) is 25.1 Å². The van der Waals surface area contributed by atoms with E-state index in [1.165, 1.54) is 0 Å². The number of hydrogen-bond donors (Lipinski definition) is 3. The van der Waals surface area contributed by atoms with E-state index in [4.69, 9.17) is 14.4 Å². The first-order valence-corrected chi connectivity index (χ1v) is 6.32. The molecule has 106 valence electrons. The maximum atomic E-state index is 11.9. The maximum Gasteiger partial charge on any atom is 0.290 e. The number of rotatable bonds is 4. The highest BCUT2D eigenvalue weighted by atomic mass is 16.5. The van der Waals surface area contributed by atoms with Crippen LogP contribution in [0.5, 0.6) is 0 Å². The molecule has 1 aromatic rings. The summed E-state index contributed by atoms with van der Waals surface area (Å²) >= 11 is 0. The van der Waals surface area contributed by atoms with Crippen molar-refractivity contribution >= 4 is 5.91 Å². The lowest BCUT2D eigenvalue weighted by Gasteiger charge is -2.34. The monoisotopic (exact) mass is 270 g/mol. The standard InChI is InChI=1S/C12H18N2O5/c1-2-7-5-9(19-14-7)12(17)13-8-3-4-18-10(6-15)11(8)16/h5,8,10-11,15-16H,2-4,6H2,1H3,(H,13,17)/t8-,10+,11-/m0/s1. The molecule has 0 unspecified atom stereocenters. The van der Waals surface area contributed by atoms with Crippen LogP contribution in [0.4, 0.5) is 0 Å². The highest BCUT2D eigenvalue weighted by molar-refractivity contribution is 5.91. The number of nitrogens with one attached hydrogen (secondary N) is 1. The molecule has 1 saturated heterocycles. The molecule has 0 spiro atoms. The number of aliphatic hydroxyl groups excluding tert-OH is 2. The summed E-state index contributed by atoms with van der Waals surface area (Å²) in [4.78, 5) is 11.9. The average molecular weight is 270 g/mol. The fourth-order valence-corrected chi connectivity index (χ4v) is 2.02. The summed E-state index contributed by atoms with van der Waals surface area (Å²) in [5.74, 6) is -0.300. The van der Waals surface area contributed by atoms with Gasteiger partial charge >= 0.3 is 0 Å². The molecule has 1 amide bonds. The van der Waals surface area contributed by atoms with Crippen LogP contribution in [0.25, 0.3) is 0 Å². The van der Waals surface area contributed by atoms with Crippen LogP contribution in [0.1, 0.15) is 29.6 Å². The molecular formula is C12H18N2O5. The molecule has 0 saturated carbocycles. The third-order valence-corrected chi connectivity index (χ3v) is 3.20. The van der Waals surface area contributed by atoms with E-state index in [9.17, 15) is 9.90 Å². The Balaban J connectivity index is 1.98. The van der Waals surface area contributed by atoms with Gasteiger partial charge in [0, 0.05) is 12.7 Å². The van der Waals surface area contributed by atoms with Crippen molar-refractivity contribution < 1.29 is 24.3 Å². The Labute approximate surface area is 110 Å². The molecule has 1 aromatic heterocycles. The normalized spacial score (nSPS) is 27.2. The molecule has 2 rings (SSSR count). The summed E-state index contributed by atoms with van der Waals surface area (Å²) in [6, 6.07) is 1.11. The van der Waals surface area contributed by atoms with Crippen molar-refractivity contribution in [3.8, 4) is 0 Å². The third-order valence-electron chi connectivity index (χ3n) is 3.20. The molecule has 19 heavy (non-hydrogen) atoms. The van der Waals surface area contributed by atoms with Crippen LogP contribution in [0.15, 0.2) is 10.6 Å². The average Bonchev–Trinajstić information content (AvgIpc) is 2.90. The minimum atomic E-state index is -0.934. The van der Waals surface area contributed by atoms with Crippen LogP contribution >= 0.6 is 0 Å². The molecule has 1 fully saturated rings. The van der Waals surface area contributed by atoms with Crippen molar-refractivity contribution in [1.82, 2.24) is 10.5 Å². The molecule has 0 aromatic carbocycles. The molecule has 1 aliphatic heterocycles. The van der Waals surface area contributed by atoms with Gasteiger partial charge in [0.2, 0.25) is 5.76 Å². The van der Waals surface area contributed by atoms with Gasteiger partial charge in [-0.15, -0.1) is 0 Å². The maximum absolute atomic E-state index is 11.9. The second-order valence-electron chi connectivity index (χ2n) is 4.49. The van der Waals surface area contributed by atoms with Crippen molar-refractivity contribution in [3.05, 3.63) is 17.5 Å².